The summed E-state index contributed by atoms with van der Waals surface area (Å²) in [5.41, 5.74) is -4.23. The van der Waals surface area contributed by atoms with Gasteiger partial charge in [0.2, 0.25) is 0 Å². The van der Waals surface area contributed by atoms with Crippen molar-refractivity contribution in [3.05, 3.63) is 0 Å². The van der Waals surface area contributed by atoms with Crippen molar-refractivity contribution in [1.82, 2.24) is 0 Å². The fourth-order valence-electron chi connectivity index (χ4n) is 10.7. The first-order chi connectivity index (χ1) is 15.6. The third-order valence-electron chi connectivity index (χ3n) is 11.1. The van der Waals surface area contributed by atoms with Crippen LogP contribution in [0.2, 0.25) is 0 Å². The molecule has 0 unspecified atom stereocenters. The van der Waals surface area contributed by atoms with Crippen molar-refractivity contribution in [3.63, 3.8) is 0 Å². The first-order valence-corrected chi connectivity index (χ1v) is 12.4. The van der Waals surface area contributed by atoms with E-state index < -0.39 is 69.4 Å². The number of carbonyl (C=O) groups is 4. The van der Waals surface area contributed by atoms with Crippen molar-refractivity contribution in [2.75, 3.05) is 0 Å². The summed E-state index contributed by atoms with van der Waals surface area (Å²) < 4.78 is 18.3. The van der Waals surface area contributed by atoms with Gasteiger partial charge in [-0.2, -0.15) is 0 Å². The molecule has 10 atom stereocenters. The van der Waals surface area contributed by atoms with Crippen LogP contribution in [0.5, 0.6) is 0 Å². The van der Waals surface area contributed by atoms with Crippen LogP contribution in [0, 0.1) is 38.9 Å². The van der Waals surface area contributed by atoms with E-state index in [2.05, 4.69) is 13.8 Å². The van der Waals surface area contributed by atoms with Crippen molar-refractivity contribution >= 4 is 23.7 Å². The van der Waals surface area contributed by atoms with Gasteiger partial charge in [0.15, 0.2) is 0 Å². The monoisotopic (exact) mass is 476 g/mol. The molecule has 34 heavy (non-hydrogen) atoms. The van der Waals surface area contributed by atoms with Crippen molar-refractivity contribution in [1.29, 1.82) is 0 Å². The van der Waals surface area contributed by atoms with Crippen LogP contribution in [0.1, 0.15) is 74.1 Å². The van der Waals surface area contributed by atoms with Gasteiger partial charge < -0.3 is 19.3 Å². The van der Waals surface area contributed by atoms with Gasteiger partial charge in [0.05, 0.1) is 6.10 Å². The zero-order valence-electron chi connectivity index (χ0n) is 21.1. The molecule has 2 spiro atoms. The van der Waals surface area contributed by atoms with Gasteiger partial charge in [0.25, 0.3) is 0 Å². The van der Waals surface area contributed by atoms with Crippen LogP contribution in [-0.4, -0.2) is 53.2 Å². The third kappa shape index (κ3) is 2.13. The van der Waals surface area contributed by atoms with Gasteiger partial charge in [0.1, 0.15) is 24.1 Å². The summed E-state index contributed by atoms with van der Waals surface area (Å²) in [6.07, 6.45) is -1.47. The summed E-state index contributed by atoms with van der Waals surface area (Å²) in [6, 6.07) is 0. The predicted octanol–water partition coefficient (Wildman–Crippen LogP) is 2.58. The third-order valence-corrected chi connectivity index (χ3v) is 11.1. The maximum Gasteiger partial charge on any atom is 0.303 e. The second kappa shape index (κ2) is 6.62. The lowest BCUT2D eigenvalue weighted by molar-refractivity contribution is -0.207. The van der Waals surface area contributed by atoms with Crippen LogP contribution in [-0.2, 0) is 33.4 Å². The predicted molar refractivity (Wildman–Crippen MR) is 118 cm³/mol. The van der Waals surface area contributed by atoms with Gasteiger partial charge in [-0.25, -0.2) is 0 Å². The van der Waals surface area contributed by atoms with Gasteiger partial charge in [-0.3, -0.25) is 19.2 Å². The molecule has 5 fully saturated rings. The summed E-state index contributed by atoms with van der Waals surface area (Å²) in [7, 11) is 0. The quantitative estimate of drug-likeness (QED) is 0.488. The number of esters is 3. The van der Waals surface area contributed by atoms with Crippen molar-refractivity contribution in [2.45, 2.75) is 98.6 Å². The Hall–Kier alpha value is -1.96. The maximum atomic E-state index is 14.0. The van der Waals surface area contributed by atoms with Gasteiger partial charge >= 0.3 is 17.9 Å². The largest absolute Gasteiger partial charge is 0.462 e. The number of ketones is 1. The lowest BCUT2D eigenvalue weighted by Crippen LogP contribution is -2.63. The summed E-state index contributed by atoms with van der Waals surface area (Å²) in [6.45, 7) is 12.1. The number of carbonyl (C=O) groups excluding carboxylic acids is 4. The van der Waals surface area contributed by atoms with Crippen molar-refractivity contribution in [2.24, 2.45) is 38.9 Å². The number of hydrogen-bond acceptors (Lipinski definition) is 8. The van der Waals surface area contributed by atoms with E-state index in [1.54, 1.807) is 0 Å². The van der Waals surface area contributed by atoms with E-state index in [9.17, 15) is 24.3 Å². The Morgan fingerprint density at radius 2 is 1.38 bits per heavy atom. The van der Waals surface area contributed by atoms with Crippen LogP contribution in [0.25, 0.3) is 0 Å². The number of Topliss-reactive ketones (excluding diaryl/α,β-unsaturated/α-hetero) is 1. The van der Waals surface area contributed by atoms with E-state index in [0.717, 1.165) is 0 Å². The van der Waals surface area contributed by atoms with Gasteiger partial charge in [-0.15, -0.1) is 0 Å². The molecule has 5 aliphatic rings. The molecule has 188 valence electrons. The molecule has 0 radical (unpaired) electrons. The van der Waals surface area contributed by atoms with E-state index in [0.29, 0.717) is 19.3 Å². The molecule has 0 aromatic carbocycles. The Balaban J connectivity index is 1.94. The smallest absolute Gasteiger partial charge is 0.303 e. The average Bonchev–Trinajstić information content (AvgIpc) is 3.12. The molecule has 0 aromatic rings. The normalized spacial score (nSPS) is 51.6. The molecule has 0 amide bonds. The molecule has 5 aliphatic carbocycles. The summed E-state index contributed by atoms with van der Waals surface area (Å²) >= 11 is 0. The van der Waals surface area contributed by atoms with E-state index in [1.807, 2.05) is 13.8 Å². The van der Waals surface area contributed by atoms with Crippen LogP contribution in [0.15, 0.2) is 0 Å². The Morgan fingerprint density at radius 3 is 1.94 bits per heavy atom. The van der Waals surface area contributed by atoms with E-state index >= 15 is 0 Å². The number of fused-ring (bicyclic) bond motifs is 1. The Bertz CT molecular complexity index is 1000. The highest BCUT2D eigenvalue weighted by molar-refractivity contribution is 5.90. The minimum atomic E-state index is -0.986. The van der Waals surface area contributed by atoms with E-state index in [4.69, 9.17) is 14.2 Å². The summed E-state index contributed by atoms with van der Waals surface area (Å²) in [4.78, 5) is 51.4. The Labute approximate surface area is 200 Å². The van der Waals surface area contributed by atoms with Crippen molar-refractivity contribution < 1.29 is 38.5 Å². The molecule has 5 saturated carbocycles. The Kier molecular flexibility index (Phi) is 4.63. The summed E-state index contributed by atoms with van der Waals surface area (Å²) in [5.74, 6) is -2.10. The second-order valence-electron chi connectivity index (χ2n) is 12.4. The lowest BCUT2D eigenvalue weighted by atomic mass is 9.43. The van der Waals surface area contributed by atoms with Crippen LogP contribution >= 0.6 is 0 Å². The maximum absolute atomic E-state index is 14.0. The highest BCUT2D eigenvalue weighted by atomic mass is 16.6. The SMILES string of the molecule is CC(=O)O[C@@H]1[C@@H]2CC(=O)[C@]3(C)C[C@@H]4[C@@H](O)CC[C@@]5(C)[C@@H](OC(C)=O)[C@H](OC(C)=O)[C@@]3(C2(C)C)[C@]415. The van der Waals surface area contributed by atoms with E-state index in [-0.39, 0.29) is 24.0 Å². The fraction of sp³-hybridized carbons (Fsp3) is 0.846. The summed E-state index contributed by atoms with van der Waals surface area (Å²) in [5, 5.41) is 11.4. The van der Waals surface area contributed by atoms with Crippen LogP contribution in [0.4, 0.5) is 0 Å². The van der Waals surface area contributed by atoms with Gasteiger partial charge in [0, 0.05) is 54.8 Å². The number of aliphatic hydroxyl groups is 1. The molecule has 0 aromatic heterocycles. The van der Waals surface area contributed by atoms with Crippen LogP contribution < -0.4 is 0 Å². The molecule has 0 saturated heterocycles. The molecule has 2 bridgehead atoms. The molecule has 0 heterocycles. The Morgan fingerprint density at radius 1 is 0.853 bits per heavy atom. The molecule has 8 nitrogen and oxygen atoms in total. The first-order valence-electron chi connectivity index (χ1n) is 12.4. The number of ether oxygens (including phenoxy) is 3. The lowest BCUT2D eigenvalue weighted by Gasteiger charge is -2.59. The number of hydrogen-bond donors (Lipinski definition) is 1. The molecule has 5 rings (SSSR count). The molecule has 0 aliphatic heterocycles. The number of rotatable bonds is 3. The minimum Gasteiger partial charge on any atom is -0.462 e. The van der Waals surface area contributed by atoms with E-state index in [1.165, 1.54) is 20.8 Å². The second-order valence-corrected chi connectivity index (χ2v) is 12.4. The first kappa shape index (κ1) is 23.8. The topological polar surface area (TPSA) is 116 Å². The highest BCUT2D eigenvalue weighted by Gasteiger charge is 2.98. The zero-order chi connectivity index (χ0) is 25.2. The van der Waals surface area contributed by atoms with Gasteiger partial charge in [-0.05, 0) is 30.6 Å². The molecular formula is C26H36O8. The average molecular weight is 477 g/mol. The number of aliphatic hydroxyl groups excluding tert-OH is 1. The standard InChI is InChI=1S/C26H36O8/c1-12(27)32-19-15-10-18(31)24(7)11-16-17(30)8-9-23(6)20(33-13(2)28)21(34-14(3)29)26(24,22(15,4)5)25(16,19)23/h15-17,19-21,30H,8-11H2,1-7H3/t15-,16+,17-,19+,20-,21-,23-,24-,25+,26-/m0/s1. The minimum absolute atomic E-state index is 0.0374. The van der Waals surface area contributed by atoms with Crippen molar-refractivity contribution in [3.8, 4) is 0 Å². The zero-order valence-corrected chi connectivity index (χ0v) is 21.1. The van der Waals surface area contributed by atoms with Crippen LogP contribution in [0.3, 0.4) is 0 Å². The van der Waals surface area contributed by atoms with Gasteiger partial charge in [-0.1, -0.05) is 27.7 Å². The molecule has 1 N–H and O–H groups in total. The highest BCUT2D eigenvalue weighted by Crippen LogP contribution is 2.93. The fourth-order valence-corrected chi connectivity index (χ4v) is 10.7. The molecule has 8 heteroatoms. The molecular weight excluding hydrogens is 440 g/mol.